The van der Waals surface area contributed by atoms with Gasteiger partial charge in [-0.1, -0.05) is 25.1 Å². The lowest BCUT2D eigenvalue weighted by atomic mass is 9.77. The largest absolute Gasteiger partial charge is 0.464 e. The van der Waals surface area contributed by atoms with E-state index in [1.807, 2.05) is 87.4 Å². The van der Waals surface area contributed by atoms with Gasteiger partial charge in [0.25, 0.3) is 11.8 Å². The number of halogens is 1. The van der Waals surface area contributed by atoms with Gasteiger partial charge in [0, 0.05) is 106 Å². The van der Waals surface area contributed by atoms with Gasteiger partial charge in [0.05, 0.1) is 45.2 Å². The van der Waals surface area contributed by atoms with E-state index in [2.05, 4.69) is 10.6 Å². The van der Waals surface area contributed by atoms with Crippen LogP contribution in [0.1, 0.15) is 110 Å². The predicted octanol–water partition coefficient (Wildman–Crippen LogP) is 7.70. The molecule has 0 saturated heterocycles. The van der Waals surface area contributed by atoms with Crippen LogP contribution in [0.25, 0.3) is 0 Å². The van der Waals surface area contributed by atoms with Gasteiger partial charge in [-0.2, -0.15) is 0 Å². The maximum Gasteiger partial charge on any atom is 0.340 e. The Morgan fingerprint density at radius 3 is 2.00 bits per heavy atom. The summed E-state index contributed by atoms with van der Waals surface area (Å²) >= 11 is 0. The fourth-order valence-electron chi connectivity index (χ4n) is 9.04. The van der Waals surface area contributed by atoms with Crippen LogP contribution in [0.3, 0.4) is 0 Å². The summed E-state index contributed by atoms with van der Waals surface area (Å²) in [7, 11) is 7.76. The molecular weight excluding hydrogens is 910 g/mol. The van der Waals surface area contributed by atoms with E-state index in [9.17, 15) is 23.6 Å². The topological polar surface area (TPSA) is 167 Å². The Kier molecular flexibility index (Phi) is 15.7. The Bertz CT molecular complexity index is 2700. The third-order valence-corrected chi connectivity index (χ3v) is 13.2. The van der Waals surface area contributed by atoms with Crippen LogP contribution in [0.4, 0.5) is 15.8 Å². The summed E-state index contributed by atoms with van der Waals surface area (Å²) in [5.41, 5.74) is 4.65. The number of fused-ring (bicyclic) bond motifs is 6. The molecule has 71 heavy (non-hydrogen) atoms. The van der Waals surface area contributed by atoms with Crippen molar-refractivity contribution in [3.8, 4) is 11.5 Å². The van der Waals surface area contributed by atoms with Gasteiger partial charge in [-0.05, 0) is 104 Å². The second kappa shape index (κ2) is 22.0. The summed E-state index contributed by atoms with van der Waals surface area (Å²) in [5.74, 6) is -0.710. The monoisotopic (exact) mass is 971 g/mol. The number of benzene rings is 4. The predicted molar refractivity (Wildman–Crippen MR) is 265 cm³/mol. The first-order valence-corrected chi connectivity index (χ1v) is 24.2. The van der Waals surface area contributed by atoms with Crippen LogP contribution < -0.4 is 25.2 Å². The zero-order chi connectivity index (χ0) is 50.3. The van der Waals surface area contributed by atoms with Crippen molar-refractivity contribution in [3.05, 3.63) is 147 Å². The number of aromatic nitrogens is 1. The molecule has 1 aliphatic carbocycles. The van der Waals surface area contributed by atoms with Crippen molar-refractivity contribution in [1.29, 1.82) is 0 Å². The smallest absolute Gasteiger partial charge is 0.340 e. The van der Waals surface area contributed by atoms with Gasteiger partial charge in [0.2, 0.25) is 0 Å². The lowest BCUT2D eigenvalue weighted by Gasteiger charge is -2.37. The molecule has 1 spiro atoms. The molecule has 0 radical (unpaired) electrons. The molecule has 2 N–H and O–H groups in total. The molecule has 16 heteroatoms. The zero-order valence-electron chi connectivity index (χ0n) is 41.2. The molecular formula is C55H62FN5O10. The number of hydrogen-bond donors (Lipinski definition) is 2. The third-order valence-electron chi connectivity index (χ3n) is 13.2. The molecule has 0 bridgehead atoms. The maximum absolute atomic E-state index is 13.7. The van der Waals surface area contributed by atoms with Crippen LogP contribution in [0.2, 0.25) is 0 Å². The molecule has 8 rings (SSSR count). The zero-order valence-corrected chi connectivity index (χ0v) is 41.2. The molecule has 2 amide bonds. The summed E-state index contributed by atoms with van der Waals surface area (Å²) < 4.78 is 49.1. The number of carbonyl (C=O) groups excluding carboxylic acids is 4. The SMILES string of the molecule is CCOC(=O)[C@](CC)(CCOCCOCCOCCNC(=O)c1ccc2c(c1)C1(OC2=O)c2ccc(N(C)C)cc2Oc2cc(N(C)C)ccc21)NC(=O)c1ccc(C2CC2)c(Cc2ccc(F)cc2)n1. The normalized spacial score (nSPS) is 14.8. The van der Waals surface area contributed by atoms with E-state index in [1.165, 1.54) is 12.1 Å². The first-order valence-electron chi connectivity index (χ1n) is 24.2. The van der Waals surface area contributed by atoms with Crippen molar-refractivity contribution >= 4 is 35.1 Å². The first-order chi connectivity index (χ1) is 34.3. The minimum absolute atomic E-state index is 0.142. The second-order valence-corrected chi connectivity index (χ2v) is 18.3. The van der Waals surface area contributed by atoms with Crippen molar-refractivity contribution in [1.82, 2.24) is 15.6 Å². The van der Waals surface area contributed by atoms with Crippen molar-refractivity contribution in [2.45, 2.75) is 63.0 Å². The van der Waals surface area contributed by atoms with E-state index in [-0.39, 0.29) is 83.1 Å². The van der Waals surface area contributed by atoms with Crippen LogP contribution >= 0.6 is 0 Å². The highest BCUT2D eigenvalue weighted by Crippen LogP contribution is 2.57. The molecule has 1 saturated carbocycles. The summed E-state index contributed by atoms with van der Waals surface area (Å²) in [6, 6.07) is 26.4. The lowest BCUT2D eigenvalue weighted by Crippen LogP contribution is -2.55. The number of nitrogens with zero attached hydrogens (tertiary/aromatic N) is 3. The van der Waals surface area contributed by atoms with E-state index in [1.54, 1.807) is 43.3 Å². The Morgan fingerprint density at radius 2 is 1.39 bits per heavy atom. The van der Waals surface area contributed by atoms with E-state index in [0.29, 0.717) is 51.7 Å². The van der Waals surface area contributed by atoms with Crippen molar-refractivity contribution in [3.63, 3.8) is 0 Å². The first kappa shape index (κ1) is 50.5. The van der Waals surface area contributed by atoms with Crippen molar-refractivity contribution in [2.24, 2.45) is 0 Å². The van der Waals surface area contributed by atoms with Gasteiger partial charge >= 0.3 is 11.9 Å². The minimum Gasteiger partial charge on any atom is -0.464 e. The number of anilines is 2. The molecule has 1 fully saturated rings. The maximum atomic E-state index is 13.7. The molecule has 374 valence electrons. The number of ether oxygens (including phenoxy) is 6. The quantitative estimate of drug-likeness (QED) is 0.0484. The molecule has 3 heterocycles. The summed E-state index contributed by atoms with van der Waals surface area (Å²) in [5, 5.41) is 5.84. The Balaban J connectivity index is 0.796. The highest BCUT2D eigenvalue weighted by atomic mass is 19.1. The van der Waals surface area contributed by atoms with Crippen LogP contribution in [0, 0.1) is 5.82 Å². The number of pyridine rings is 1. The lowest BCUT2D eigenvalue weighted by molar-refractivity contribution is -0.152. The van der Waals surface area contributed by atoms with E-state index in [4.69, 9.17) is 33.4 Å². The van der Waals surface area contributed by atoms with Gasteiger partial charge in [-0.3, -0.25) is 9.59 Å². The Hall–Kier alpha value is -6.88. The Morgan fingerprint density at radius 1 is 0.761 bits per heavy atom. The average Bonchev–Trinajstić information content (AvgIpc) is 4.17. The second-order valence-electron chi connectivity index (χ2n) is 18.3. The van der Waals surface area contributed by atoms with E-state index in [0.717, 1.165) is 41.0 Å². The Labute approximate surface area is 413 Å². The van der Waals surface area contributed by atoms with Gasteiger partial charge in [-0.15, -0.1) is 0 Å². The average molecular weight is 972 g/mol. The van der Waals surface area contributed by atoms with Crippen LogP contribution in [0.5, 0.6) is 11.5 Å². The molecule has 0 unspecified atom stereocenters. The van der Waals surface area contributed by atoms with Crippen LogP contribution in [-0.4, -0.2) is 115 Å². The molecule has 15 nitrogen and oxygen atoms in total. The summed E-state index contributed by atoms with van der Waals surface area (Å²) in [6.07, 6.45) is 2.98. The number of hydrogen-bond acceptors (Lipinski definition) is 13. The molecule has 1 aromatic heterocycles. The number of rotatable bonds is 23. The van der Waals surface area contributed by atoms with Gasteiger partial charge in [0.1, 0.15) is 28.5 Å². The minimum atomic E-state index is -1.35. The van der Waals surface area contributed by atoms with Crippen molar-refractivity contribution < 1.29 is 52.0 Å². The van der Waals surface area contributed by atoms with Gasteiger partial charge in [-0.25, -0.2) is 19.0 Å². The van der Waals surface area contributed by atoms with Gasteiger partial charge in [0.15, 0.2) is 5.60 Å². The standard InChI is InChI=1S/C55H62FN5O10/c1-7-54(53(65)69-8-2,59-51(63)46-22-19-41(36-11-12-36)47(58-46)31-35-9-14-38(56)15-10-35)23-25-66-27-29-68-30-28-67-26-24-57-50(62)37-13-18-42-45(32-37)55(71-52(42)64)43-20-16-39(60(3)4)33-48(43)70-49-34-40(61(5)6)17-21-44(49)55/h9-10,13-22,32-34,36H,7-8,11-12,23-31H2,1-6H3,(H,57,62)(H,59,63)/t54-/m0/s1. The summed E-state index contributed by atoms with van der Waals surface area (Å²) in [6.45, 7) is 5.33. The highest BCUT2D eigenvalue weighted by Gasteiger charge is 2.54. The highest BCUT2D eigenvalue weighted by molar-refractivity contribution is 6.01. The fourth-order valence-corrected chi connectivity index (χ4v) is 9.04. The number of esters is 2. The third kappa shape index (κ3) is 11.0. The van der Waals surface area contributed by atoms with E-state index < -0.39 is 29.0 Å². The molecule has 3 aliphatic rings. The van der Waals surface area contributed by atoms with Gasteiger partial charge < -0.3 is 48.9 Å². The van der Waals surface area contributed by atoms with Crippen molar-refractivity contribution in [2.75, 3.05) is 90.8 Å². The van der Waals surface area contributed by atoms with Crippen LogP contribution in [0.15, 0.2) is 91.0 Å². The fraction of sp³-hybridized carbons (Fsp3) is 0.400. The van der Waals surface area contributed by atoms with E-state index >= 15 is 0 Å². The number of amides is 2. The molecule has 4 aromatic carbocycles. The van der Waals surface area contributed by atoms with Crippen LogP contribution in [-0.2, 0) is 40.5 Å². The molecule has 2 aliphatic heterocycles. The molecule has 5 aromatic rings. The number of nitrogens with one attached hydrogen (secondary N) is 2. The number of carbonyl (C=O) groups is 4. The summed E-state index contributed by atoms with van der Waals surface area (Å²) in [4.78, 5) is 62.9. The molecule has 1 atom stereocenters.